The van der Waals surface area contributed by atoms with Crippen LogP contribution in [-0.4, -0.2) is 23.9 Å². The number of rotatable bonds is 4. The number of carbonyl (C=O) groups is 2. The number of carbonyl (C=O) groups excluding carboxylic acids is 2. The standard InChI is InChI=1S/C21H32N2O2/c1-14-8-9-17(10-15(14)2)23-12-16(11-18(23)24)19(25)22-21(6,7)13-20(3,4)5/h8-10,16H,11-13H2,1-7H3,(H,22,25). The molecule has 0 aliphatic carbocycles. The maximum absolute atomic E-state index is 12.7. The SMILES string of the molecule is Cc1ccc(N2CC(C(=O)NC(C)(C)CC(C)(C)C)CC2=O)cc1C. The van der Waals surface area contributed by atoms with Gasteiger partial charge in [-0.3, -0.25) is 9.59 Å². The fourth-order valence-electron chi connectivity index (χ4n) is 3.83. The molecule has 0 spiro atoms. The Bertz CT molecular complexity index is 671. The molecular formula is C21H32N2O2. The van der Waals surface area contributed by atoms with Crippen LogP contribution in [0.3, 0.4) is 0 Å². The molecule has 4 nitrogen and oxygen atoms in total. The minimum Gasteiger partial charge on any atom is -0.351 e. The lowest BCUT2D eigenvalue weighted by atomic mass is 9.81. The highest BCUT2D eigenvalue weighted by Crippen LogP contribution is 2.29. The molecule has 0 saturated carbocycles. The molecule has 25 heavy (non-hydrogen) atoms. The zero-order valence-electron chi connectivity index (χ0n) is 16.7. The molecule has 2 amide bonds. The Morgan fingerprint density at radius 3 is 2.36 bits per heavy atom. The summed E-state index contributed by atoms with van der Waals surface area (Å²) in [5.41, 5.74) is 3.09. The van der Waals surface area contributed by atoms with Crippen molar-refractivity contribution in [1.29, 1.82) is 0 Å². The summed E-state index contributed by atoms with van der Waals surface area (Å²) in [4.78, 5) is 26.9. The number of benzene rings is 1. The summed E-state index contributed by atoms with van der Waals surface area (Å²) in [5, 5.41) is 3.15. The molecule has 1 saturated heterocycles. The molecule has 2 rings (SSSR count). The monoisotopic (exact) mass is 344 g/mol. The van der Waals surface area contributed by atoms with Crippen LogP contribution in [0.2, 0.25) is 0 Å². The van der Waals surface area contributed by atoms with Crippen LogP contribution in [0.1, 0.15) is 58.6 Å². The minimum absolute atomic E-state index is 0.0195. The molecule has 0 aromatic heterocycles. The van der Waals surface area contributed by atoms with E-state index in [9.17, 15) is 9.59 Å². The Balaban J connectivity index is 2.06. The average molecular weight is 344 g/mol. The average Bonchev–Trinajstić information content (AvgIpc) is 2.81. The molecule has 0 bridgehead atoms. The summed E-state index contributed by atoms with van der Waals surface area (Å²) >= 11 is 0. The summed E-state index contributed by atoms with van der Waals surface area (Å²) in [6.07, 6.45) is 1.16. The van der Waals surface area contributed by atoms with Gasteiger partial charge in [0.2, 0.25) is 11.8 Å². The van der Waals surface area contributed by atoms with Gasteiger partial charge in [-0.2, -0.15) is 0 Å². The Hall–Kier alpha value is -1.84. The Kier molecular flexibility index (Phi) is 5.31. The van der Waals surface area contributed by atoms with Crippen LogP contribution < -0.4 is 10.2 Å². The maximum Gasteiger partial charge on any atom is 0.227 e. The van der Waals surface area contributed by atoms with Crippen molar-refractivity contribution in [3.05, 3.63) is 29.3 Å². The van der Waals surface area contributed by atoms with E-state index in [1.807, 2.05) is 39.0 Å². The molecule has 1 unspecified atom stereocenters. The van der Waals surface area contributed by atoms with Gasteiger partial charge in [-0.1, -0.05) is 26.8 Å². The van der Waals surface area contributed by atoms with Gasteiger partial charge in [0.25, 0.3) is 0 Å². The lowest BCUT2D eigenvalue weighted by Gasteiger charge is -2.34. The molecule has 1 aliphatic heterocycles. The summed E-state index contributed by atoms with van der Waals surface area (Å²) in [7, 11) is 0. The van der Waals surface area contributed by atoms with Gasteiger partial charge >= 0.3 is 0 Å². The highest BCUT2D eigenvalue weighted by atomic mass is 16.2. The normalized spacial score (nSPS) is 18.6. The zero-order valence-corrected chi connectivity index (χ0v) is 16.7. The number of aryl methyl sites for hydroxylation is 2. The van der Waals surface area contributed by atoms with Gasteiger partial charge in [-0.15, -0.1) is 0 Å². The number of nitrogens with one attached hydrogen (secondary N) is 1. The van der Waals surface area contributed by atoms with Crippen molar-refractivity contribution >= 4 is 17.5 Å². The molecule has 138 valence electrons. The van der Waals surface area contributed by atoms with E-state index in [-0.39, 0.29) is 35.1 Å². The Labute approximate surface area is 152 Å². The zero-order chi connectivity index (χ0) is 19.0. The lowest BCUT2D eigenvalue weighted by molar-refractivity contribution is -0.128. The van der Waals surface area contributed by atoms with Crippen molar-refractivity contribution in [2.75, 3.05) is 11.4 Å². The predicted octanol–water partition coefficient (Wildman–Crippen LogP) is 3.99. The van der Waals surface area contributed by atoms with Crippen LogP contribution in [0.5, 0.6) is 0 Å². The van der Waals surface area contributed by atoms with Crippen LogP contribution in [0.15, 0.2) is 18.2 Å². The van der Waals surface area contributed by atoms with Gasteiger partial charge in [0, 0.05) is 24.2 Å². The van der Waals surface area contributed by atoms with Gasteiger partial charge < -0.3 is 10.2 Å². The fraction of sp³-hybridized carbons (Fsp3) is 0.619. The molecular weight excluding hydrogens is 312 g/mol. The van der Waals surface area contributed by atoms with Crippen molar-refractivity contribution < 1.29 is 9.59 Å². The van der Waals surface area contributed by atoms with Crippen LogP contribution in [0.25, 0.3) is 0 Å². The van der Waals surface area contributed by atoms with Gasteiger partial charge in [0.15, 0.2) is 0 Å². The quantitative estimate of drug-likeness (QED) is 0.898. The van der Waals surface area contributed by atoms with E-state index in [2.05, 4.69) is 33.0 Å². The number of anilines is 1. The van der Waals surface area contributed by atoms with E-state index in [4.69, 9.17) is 0 Å². The maximum atomic E-state index is 12.7. The van der Waals surface area contributed by atoms with Gasteiger partial charge in [-0.25, -0.2) is 0 Å². The van der Waals surface area contributed by atoms with Crippen LogP contribution in [0, 0.1) is 25.2 Å². The molecule has 1 aromatic carbocycles. The third kappa shape index (κ3) is 5.07. The van der Waals surface area contributed by atoms with Crippen molar-refractivity contribution in [3.63, 3.8) is 0 Å². The van der Waals surface area contributed by atoms with Crippen molar-refractivity contribution in [3.8, 4) is 0 Å². The number of amides is 2. The van der Waals surface area contributed by atoms with E-state index in [0.29, 0.717) is 6.54 Å². The molecule has 1 N–H and O–H groups in total. The number of nitrogens with zero attached hydrogens (tertiary/aromatic N) is 1. The second kappa shape index (κ2) is 6.81. The van der Waals surface area contributed by atoms with Crippen molar-refractivity contribution in [2.45, 2.75) is 66.8 Å². The summed E-state index contributed by atoms with van der Waals surface area (Å²) < 4.78 is 0. The highest BCUT2D eigenvalue weighted by Gasteiger charge is 2.37. The first kappa shape index (κ1) is 19.5. The molecule has 1 fully saturated rings. The largest absolute Gasteiger partial charge is 0.351 e. The first-order valence-corrected chi connectivity index (χ1v) is 9.08. The topological polar surface area (TPSA) is 49.4 Å². The lowest BCUT2D eigenvalue weighted by Crippen LogP contribution is -2.48. The Morgan fingerprint density at radius 2 is 1.80 bits per heavy atom. The molecule has 0 radical (unpaired) electrons. The summed E-state index contributed by atoms with van der Waals surface area (Å²) in [5.74, 6) is -0.278. The summed E-state index contributed by atoms with van der Waals surface area (Å²) in [6.45, 7) is 15.2. The Morgan fingerprint density at radius 1 is 1.16 bits per heavy atom. The first-order valence-electron chi connectivity index (χ1n) is 9.08. The van der Waals surface area contributed by atoms with Crippen molar-refractivity contribution in [1.82, 2.24) is 5.32 Å². The molecule has 4 heteroatoms. The number of hydrogen-bond donors (Lipinski definition) is 1. The predicted molar refractivity (Wildman–Crippen MR) is 103 cm³/mol. The van der Waals surface area contributed by atoms with E-state index in [0.717, 1.165) is 17.7 Å². The third-order valence-corrected chi connectivity index (χ3v) is 4.73. The second-order valence-corrected chi connectivity index (χ2v) is 9.28. The number of hydrogen-bond acceptors (Lipinski definition) is 2. The van der Waals surface area contributed by atoms with E-state index in [1.165, 1.54) is 5.56 Å². The van der Waals surface area contributed by atoms with Crippen molar-refractivity contribution in [2.24, 2.45) is 11.3 Å². The highest BCUT2D eigenvalue weighted by molar-refractivity contribution is 6.00. The van der Waals surface area contributed by atoms with Gasteiger partial charge in [-0.05, 0) is 62.8 Å². The van der Waals surface area contributed by atoms with Crippen LogP contribution in [-0.2, 0) is 9.59 Å². The molecule has 1 aromatic rings. The molecule has 1 aliphatic rings. The van der Waals surface area contributed by atoms with E-state index in [1.54, 1.807) is 4.90 Å². The second-order valence-electron chi connectivity index (χ2n) is 9.28. The fourth-order valence-corrected chi connectivity index (χ4v) is 3.83. The minimum atomic E-state index is -0.285. The van der Waals surface area contributed by atoms with Crippen LogP contribution in [0.4, 0.5) is 5.69 Å². The third-order valence-electron chi connectivity index (χ3n) is 4.73. The van der Waals surface area contributed by atoms with Crippen LogP contribution >= 0.6 is 0 Å². The van der Waals surface area contributed by atoms with E-state index < -0.39 is 0 Å². The molecule has 1 atom stereocenters. The summed E-state index contributed by atoms with van der Waals surface area (Å²) in [6, 6.07) is 6.01. The van der Waals surface area contributed by atoms with Gasteiger partial charge in [0.1, 0.15) is 0 Å². The first-order chi connectivity index (χ1) is 11.4. The molecule has 1 heterocycles. The van der Waals surface area contributed by atoms with Gasteiger partial charge in [0.05, 0.1) is 5.92 Å². The van der Waals surface area contributed by atoms with E-state index >= 15 is 0 Å². The smallest absolute Gasteiger partial charge is 0.227 e.